The van der Waals surface area contributed by atoms with Crippen molar-refractivity contribution in [3.05, 3.63) is 36.5 Å². The summed E-state index contributed by atoms with van der Waals surface area (Å²) in [5, 5.41) is 3.19. The van der Waals surface area contributed by atoms with E-state index in [1.165, 1.54) is 6.33 Å². The molecule has 0 bridgehead atoms. The first kappa shape index (κ1) is 11.3. The van der Waals surface area contributed by atoms with Crippen molar-refractivity contribution in [3.8, 4) is 0 Å². The number of nitrogens with zero attached hydrogens (tertiary/aromatic N) is 5. The molecule has 6 heteroatoms. The number of aromatic nitrogens is 4. The third-order valence-electron chi connectivity index (χ3n) is 2.14. The molecule has 2 heterocycles. The lowest BCUT2D eigenvalue weighted by atomic mass is 10.4. The second-order valence-electron chi connectivity index (χ2n) is 3.69. The summed E-state index contributed by atoms with van der Waals surface area (Å²) >= 11 is 0. The van der Waals surface area contributed by atoms with Gasteiger partial charge in [-0.2, -0.15) is 4.98 Å². The predicted octanol–water partition coefficient (Wildman–Crippen LogP) is 0.945. The Morgan fingerprint density at radius 3 is 2.76 bits per heavy atom. The van der Waals surface area contributed by atoms with Crippen LogP contribution in [0.1, 0.15) is 5.69 Å². The van der Waals surface area contributed by atoms with E-state index in [0.29, 0.717) is 12.5 Å². The van der Waals surface area contributed by atoms with Crippen molar-refractivity contribution >= 4 is 11.8 Å². The van der Waals surface area contributed by atoms with Crippen LogP contribution in [-0.2, 0) is 6.54 Å². The van der Waals surface area contributed by atoms with Crippen LogP contribution < -0.4 is 10.2 Å². The second kappa shape index (κ2) is 5.20. The summed E-state index contributed by atoms with van der Waals surface area (Å²) in [6.45, 7) is 0.617. The maximum absolute atomic E-state index is 4.35. The van der Waals surface area contributed by atoms with Gasteiger partial charge in [-0.05, 0) is 12.1 Å². The van der Waals surface area contributed by atoms with Gasteiger partial charge in [0.15, 0.2) is 0 Å². The Labute approximate surface area is 99.8 Å². The number of hydrogen-bond acceptors (Lipinski definition) is 6. The van der Waals surface area contributed by atoms with E-state index in [2.05, 4.69) is 25.3 Å². The van der Waals surface area contributed by atoms with E-state index < -0.39 is 0 Å². The van der Waals surface area contributed by atoms with E-state index in [1.54, 1.807) is 12.4 Å². The average Bonchev–Trinajstić information content (AvgIpc) is 2.38. The zero-order chi connectivity index (χ0) is 12.1. The summed E-state index contributed by atoms with van der Waals surface area (Å²) < 4.78 is 0. The highest BCUT2D eigenvalue weighted by atomic mass is 15.2. The van der Waals surface area contributed by atoms with Crippen LogP contribution in [0, 0.1) is 0 Å². The van der Waals surface area contributed by atoms with Crippen LogP contribution in [0.5, 0.6) is 0 Å². The van der Waals surface area contributed by atoms with Crippen molar-refractivity contribution < 1.29 is 0 Å². The molecule has 0 fully saturated rings. The fourth-order valence-electron chi connectivity index (χ4n) is 1.27. The molecule has 0 amide bonds. The molecule has 2 aromatic rings. The Morgan fingerprint density at radius 1 is 1.18 bits per heavy atom. The smallest absolute Gasteiger partial charge is 0.226 e. The van der Waals surface area contributed by atoms with Gasteiger partial charge in [-0.3, -0.25) is 0 Å². The molecule has 0 aliphatic carbocycles. The second-order valence-corrected chi connectivity index (χ2v) is 3.69. The molecule has 0 spiro atoms. The van der Waals surface area contributed by atoms with Gasteiger partial charge in [-0.15, -0.1) is 0 Å². The summed E-state index contributed by atoms with van der Waals surface area (Å²) in [7, 11) is 3.81. The standard InChI is InChI=1S/C11H14N6/c1-17(2)11-13-6-4-10(16-11)14-7-9-3-5-12-8-15-9/h3-6,8H,7H2,1-2H3,(H,13,14,16). The third kappa shape index (κ3) is 3.10. The zero-order valence-corrected chi connectivity index (χ0v) is 9.83. The lowest BCUT2D eigenvalue weighted by molar-refractivity contribution is 0.967. The van der Waals surface area contributed by atoms with Gasteiger partial charge in [-0.25, -0.2) is 15.0 Å². The summed E-state index contributed by atoms with van der Waals surface area (Å²) in [5.41, 5.74) is 0.921. The fourth-order valence-corrected chi connectivity index (χ4v) is 1.27. The average molecular weight is 230 g/mol. The molecular weight excluding hydrogens is 216 g/mol. The number of nitrogens with one attached hydrogen (secondary N) is 1. The van der Waals surface area contributed by atoms with E-state index in [-0.39, 0.29) is 0 Å². The largest absolute Gasteiger partial charge is 0.364 e. The van der Waals surface area contributed by atoms with Crippen molar-refractivity contribution in [3.63, 3.8) is 0 Å². The normalized spacial score (nSPS) is 10.0. The van der Waals surface area contributed by atoms with Crippen molar-refractivity contribution in [2.45, 2.75) is 6.54 Å². The van der Waals surface area contributed by atoms with Crippen LogP contribution in [0.4, 0.5) is 11.8 Å². The minimum absolute atomic E-state index is 0.617. The Kier molecular flexibility index (Phi) is 3.44. The van der Waals surface area contributed by atoms with Gasteiger partial charge in [0.1, 0.15) is 12.1 Å². The number of rotatable bonds is 4. The van der Waals surface area contributed by atoms with E-state index in [1.807, 2.05) is 31.1 Å². The van der Waals surface area contributed by atoms with Crippen LogP contribution in [0.2, 0.25) is 0 Å². The van der Waals surface area contributed by atoms with Gasteiger partial charge in [0.05, 0.1) is 12.2 Å². The number of hydrogen-bond donors (Lipinski definition) is 1. The first-order chi connectivity index (χ1) is 8.25. The van der Waals surface area contributed by atoms with Gasteiger partial charge in [0, 0.05) is 26.5 Å². The van der Waals surface area contributed by atoms with Crippen LogP contribution >= 0.6 is 0 Å². The van der Waals surface area contributed by atoms with E-state index in [4.69, 9.17) is 0 Å². The molecule has 1 N–H and O–H groups in total. The van der Waals surface area contributed by atoms with Crippen molar-refractivity contribution in [1.82, 2.24) is 19.9 Å². The molecule has 2 rings (SSSR count). The molecule has 2 aromatic heterocycles. The Hall–Kier alpha value is -2.24. The minimum Gasteiger partial charge on any atom is -0.364 e. The first-order valence-electron chi connectivity index (χ1n) is 5.25. The van der Waals surface area contributed by atoms with Gasteiger partial charge < -0.3 is 10.2 Å². The van der Waals surface area contributed by atoms with Crippen molar-refractivity contribution in [2.24, 2.45) is 0 Å². The predicted molar refractivity (Wildman–Crippen MR) is 65.7 cm³/mol. The monoisotopic (exact) mass is 230 g/mol. The van der Waals surface area contributed by atoms with Crippen molar-refractivity contribution in [2.75, 3.05) is 24.3 Å². The summed E-state index contributed by atoms with van der Waals surface area (Å²) in [5.74, 6) is 1.46. The van der Waals surface area contributed by atoms with E-state index in [0.717, 1.165) is 11.5 Å². The molecule has 0 aromatic carbocycles. The molecule has 88 valence electrons. The molecule has 0 saturated carbocycles. The molecular formula is C11H14N6. The van der Waals surface area contributed by atoms with Crippen LogP contribution in [0.25, 0.3) is 0 Å². The molecule has 0 radical (unpaired) electrons. The zero-order valence-electron chi connectivity index (χ0n) is 9.83. The first-order valence-corrected chi connectivity index (χ1v) is 5.25. The van der Waals surface area contributed by atoms with Gasteiger partial charge in [0.25, 0.3) is 0 Å². The van der Waals surface area contributed by atoms with Crippen molar-refractivity contribution in [1.29, 1.82) is 0 Å². The van der Waals surface area contributed by atoms with Crippen LogP contribution in [0.3, 0.4) is 0 Å². The molecule has 0 atom stereocenters. The molecule has 0 aliphatic rings. The summed E-state index contributed by atoms with van der Waals surface area (Å²) in [6.07, 6.45) is 4.97. The Bertz CT molecular complexity index is 470. The maximum Gasteiger partial charge on any atom is 0.226 e. The van der Waals surface area contributed by atoms with Crippen LogP contribution in [0.15, 0.2) is 30.9 Å². The highest BCUT2D eigenvalue weighted by Gasteiger charge is 2.00. The van der Waals surface area contributed by atoms with Gasteiger partial charge in [0.2, 0.25) is 5.95 Å². The molecule has 17 heavy (non-hydrogen) atoms. The molecule has 0 unspecified atom stereocenters. The SMILES string of the molecule is CN(C)c1nccc(NCc2ccncn2)n1. The molecule has 6 nitrogen and oxygen atoms in total. The van der Waals surface area contributed by atoms with Gasteiger partial charge >= 0.3 is 0 Å². The third-order valence-corrected chi connectivity index (χ3v) is 2.14. The highest BCUT2D eigenvalue weighted by Crippen LogP contribution is 2.08. The molecule has 0 saturated heterocycles. The van der Waals surface area contributed by atoms with Crippen LogP contribution in [-0.4, -0.2) is 34.0 Å². The Morgan fingerprint density at radius 2 is 2.06 bits per heavy atom. The maximum atomic E-state index is 4.35. The lowest BCUT2D eigenvalue weighted by Gasteiger charge is -2.11. The van der Waals surface area contributed by atoms with E-state index >= 15 is 0 Å². The quantitative estimate of drug-likeness (QED) is 0.843. The molecule has 0 aliphatic heterocycles. The summed E-state index contributed by atoms with van der Waals surface area (Å²) in [4.78, 5) is 18.3. The fraction of sp³-hybridized carbons (Fsp3) is 0.273. The van der Waals surface area contributed by atoms with E-state index in [9.17, 15) is 0 Å². The Balaban J connectivity index is 2.02. The topological polar surface area (TPSA) is 66.8 Å². The highest BCUT2D eigenvalue weighted by molar-refractivity contribution is 5.40. The summed E-state index contributed by atoms with van der Waals surface area (Å²) in [6, 6.07) is 3.69. The van der Waals surface area contributed by atoms with Gasteiger partial charge in [-0.1, -0.05) is 0 Å². The number of anilines is 2. The minimum atomic E-state index is 0.617. The lowest BCUT2D eigenvalue weighted by Crippen LogP contribution is -2.13.